The van der Waals surface area contributed by atoms with E-state index < -0.39 is 0 Å². The van der Waals surface area contributed by atoms with Crippen LogP contribution in [0.3, 0.4) is 0 Å². The van der Waals surface area contributed by atoms with Gasteiger partial charge in [-0.15, -0.1) is 0 Å². The van der Waals surface area contributed by atoms with Crippen molar-refractivity contribution in [2.45, 2.75) is 58.3 Å². The summed E-state index contributed by atoms with van der Waals surface area (Å²) in [6, 6.07) is 4.99. The molecule has 0 spiro atoms. The van der Waals surface area contributed by atoms with Crippen LogP contribution >= 0.6 is 0 Å². The topological polar surface area (TPSA) is 57.5 Å². The van der Waals surface area contributed by atoms with Crippen LogP contribution < -0.4 is 0 Å². The summed E-state index contributed by atoms with van der Waals surface area (Å²) >= 11 is 0. The smallest absolute Gasteiger partial charge is 0.157 e. The molecular formula is C16H24O3. The molecule has 0 aliphatic rings. The van der Waals surface area contributed by atoms with Gasteiger partial charge in [-0.1, -0.05) is 32.3 Å². The number of carbonyl (C=O) groups is 1. The van der Waals surface area contributed by atoms with Crippen LogP contribution in [0, 0.1) is 0 Å². The van der Waals surface area contributed by atoms with E-state index in [1.165, 1.54) is 6.07 Å². The van der Waals surface area contributed by atoms with Crippen molar-refractivity contribution in [2.24, 2.45) is 0 Å². The van der Waals surface area contributed by atoms with Crippen molar-refractivity contribution in [3.8, 4) is 11.5 Å². The predicted molar refractivity (Wildman–Crippen MR) is 76.5 cm³/mol. The molecule has 0 heterocycles. The number of Topliss-reactive ketones (excluding diaryl/α,β-unsaturated/α-hetero) is 1. The van der Waals surface area contributed by atoms with Gasteiger partial charge in [0, 0.05) is 12.8 Å². The molecule has 1 rings (SSSR count). The van der Waals surface area contributed by atoms with Gasteiger partial charge in [0.2, 0.25) is 0 Å². The standard InChI is InChI=1S/C16H24O3/c1-2-14(17)9-7-5-3-4-6-8-13-10-11-15(18)16(19)12-13/h10-12,18-19H,2-9H2,1H3. The van der Waals surface area contributed by atoms with Crippen molar-refractivity contribution in [2.75, 3.05) is 0 Å². The molecule has 0 aliphatic heterocycles. The second kappa shape index (κ2) is 8.57. The Hall–Kier alpha value is -1.51. The summed E-state index contributed by atoms with van der Waals surface area (Å²) in [6.07, 6.45) is 7.79. The average molecular weight is 264 g/mol. The SMILES string of the molecule is CCC(=O)CCCCCCCc1ccc(O)c(O)c1. The number of phenolic OH excluding ortho intramolecular Hbond substituents is 2. The van der Waals surface area contributed by atoms with E-state index >= 15 is 0 Å². The summed E-state index contributed by atoms with van der Waals surface area (Å²) in [5.74, 6) is 0.250. The minimum atomic E-state index is -0.0654. The Morgan fingerprint density at radius 3 is 2.37 bits per heavy atom. The van der Waals surface area contributed by atoms with E-state index in [2.05, 4.69) is 0 Å². The van der Waals surface area contributed by atoms with E-state index in [4.69, 9.17) is 0 Å². The third kappa shape index (κ3) is 6.27. The van der Waals surface area contributed by atoms with E-state index in [0.29, 0.717) is 12.2 Å². The van der Waals surface area contributed by atoms with E-state index in [1.807, 2.05) is 13.0 Å². The molecule has 19 heavy (non-hydrogen) atoms. The monoisotopic (exact) mass is 264 g/mol. The lowest BCUT2D eigenvalue weighted by Crippen LogP contribution is -1.94. The maximum Gasteiger partial charge on any atom is 0.157 e. The van der Waals surface area contributed by atoms with E-state index in [0.717, 1.165) is 50.5 Å². The van der Waals surface area contributed by atoms with Crippen LogP contribution in [0.4, 0.5) is 0 Å². The molecule has 0 atom stereocenters. The number of hydrogen-bond donors (Lipinski definition) is 2. The minimum absolute atomic E-state index is 0.0458. The summed E-state index contributed by atoms with van der Waals surface area (Å²) in [4.78, 5) is 11.1. The van der Waals surface area contributed by atoms with Gasteiger partial charge in [0.05, 0.1) is 0 Å². The minimum Gasteiger partial charge on any atom is -0.504 e. The highest BCUT2D eigenvalue weighted by Gasteiger charge is 2.01. The molecule has 0 radical (unpaired) electrons. The zero-order valence-electron chi connectivity index (χ0n) is 11.7. The fourth-order valence-electron chi connectivity index (χ4n) is 2.08. The van der Waals surface area contributed by atoms with Gasteiger partial charge < -0.3 is 10.2 Å². The lowest BCUT2D eigenvalue weighted by atomic mass is 10.0. The number of carbonyl (C=O) groups excluding carboxylic acids is 1. The van der Waals surface area contributed by atoms with Crippen molar-refractivity contribution >= 4 is 5.78 Å². The highest BCUT2D eigenvalue weighted by Crippen LogP contribution is 2.25. The van der Waals surface area contributed by atoms with Crippen LogP contribution in [0.25, 0.3) is 0 Å². The van der Waals surface area contributed by atoms with Gasteiger partial charge in [0.15, 0.2) is 11.5 Å². The van der Waals surface area contributed by atoms with Crippen molar-refractivity contribution in [3.05, 3.63) is 23.8 Å². The molecule has 0 saturated heterocycles. The molecule has 0 fully saturated rings. The first-order valence-electron chi connectivity index (χ1n) is 7.16. The number of ketones is 1. The van der Waals surface area contributed by atoms with Crippen LogP contribution in [0.5, 0.6) is 11.5 Å². The third-order valence-corrected chi connectivity index (χ3v) is 3.36. The fourth-order valence-corrected chi connectivity index (χ4v) is 2.08. The average Bonchev–Trinajstić information content (AvgIpc) is 2.41. The zero-order chi connectivity index (χ0) is 14.1. The summed E-state index contributed by atoms with van der Waals surface area (Å²) in [6.45, 7) is 1.91. The molecule has 0 amide bonds. The number of aryl methyl sites for hydroxylation is 1. The summed E-state index contributed by atoms with van der Waals surface area (Å²) in [7, 11) is 0. The van der Waals surface area contributed by atoms with Gasteiger partial charge in [0.25, 0.3) is 0 Å². The van der Waals surface area contributed by atoms with Crippen molar-refractivity contribution in [3.63, 3.8) is 0 Å². The highest BCUT2D eigenvalue weighted by atomic mass is 16.3. The molecule has 0 aliphatic carbocycles. The zero-order valence-corrected chi connectivity index (χ0v) is 11.7. The van der Waals surface area contributed by atoms with Crippen LogP contribution in [-0.2, 0) is 11.2 Å². The normalized spacial score (nSPS) is 10.6. The Labute approximate surface area is 115 Å². The largest absolute Gasteiger partial charge is 0.504 e. The Bertz CT molecular complexity index is 399. The first-order chi connectivity index (χ1) is 9.13. The van der Waals surface area contributed by atoms with E-state index in [1.54, 1.807) is 6.07 Å². The maximum atomic E-state index is 11.1. The number of phenols is 2. The molecular weight excluding hydrogens is 240 g/mol. The quantitative estimate of drug-likeness (QED) is 0.524. The van der Waals surface area contributed by atoms with Crippen molar-refractivity contribution in [1.82, 2.24) is 0 Å². The first kappa shape index (κ1) is 15.5. The van der Waals surface area contributed by atoms with Crippen LogP contribution in [-0.4, -0.2) is 16.0 Å². The van der Waals surface area contributed by atoms with Gasteiger partial charge >= 0.3 is 0 Å². The number of unbranched alkanes of at least 4 members (excludes halogenated alkanes) is 4. The Morgan fingerprint density at radius 2 is 1.68 bits per heavy atom. The van der Waals surface area contributed by atoms with E-state index in [-0.39, 0.29) is 11.5 Å². The molecule has 1 aromatic carbocycles. The second-order valence-corrected chi connectivity index (χ2v) is 4.98. The third-order valence-electron chi connectivity index (χ3n) is 3.36. The summed E-state index contributed by atoms with van der Waals surface area (Å²) in [5, 5.41) is 18.6. The first-order valence-corrected chi connectivity index (χ1v) is 7.16. The van der Waals surface area contributed by atoms with Crippen molar-refractivity contribution in [1.29, 1.82) is 0 Å². The molecule has 0 bridgehead atoms. The van der Waals surface area contributed by atoms with Crippen LogP contribution in [0.1, 0.15) is 57.4 Å². The van der Waals surface area contributed by atoms with Gasteiger partial charge in [-0.3, -0.25) is 4.79 Å². The number of aromatic hydroxyl groups is 2. The fraction of sp³-hybridized carbons (Fsp3) is 0.562. The number of benzene rings is 1. The Balaban J connectivity index is 2.07. The lowest BCUT2D eigenvalue weighted by Gasteiger charge is -2.04. The molecule has 3 heteroatoms. The lowest BCUT2D eigenvalue weighted by molar-refractivity contribution is -0.118. The number of hydrogen-bond acceptors (Lipinski definition) is 3. The molecule has 0 saturated carbocycles. The van der Waals surface area contributed by atoms with E-state index in [9.17, 15) is 15.0 Å². The van der Waals surface area contributed by atoms with Gasteiger partial charge in [-0.2, -0.15) is 0 Å². The van der Waals surface area contributed by atoms with Gasteiger partial charge in [-0.25, -0.2) is 0 Å². The maximum absolute atomic E-state index is 11.1. The molecule has 3 nitrogen and oxygen atoms in total. The highest BCUT2D eigenvalue weighted by molar-refractivity contribution is 5.77. The molecule has 106 valence electrons. The van der Waals surface area contributed by atoms with Crippen molar-refractivity contribution < 1.29 is 15.0 Å². The van der Waals surface area contributed by atoms with Crippen LogP contribution in [0.15, 0.2) is 18.2 Å². The second-order valence-electron chi connectivity index (χ2n) is 4.98. The van der Waals surface area contributed by atoms with Crippen LogP contribution in [0.2, 0.25) is 0 Å². The summed E-state index contributed by atoms with van der Waals surface area (Å²) in [5.41, 5.74) is 1.05. The molecule has 0 unspecified atom stereocenters. The molecule has 1 aromatic rings. The molecule has 2 N–H and O–H groups in total. The van der Waals surface area contributed by atoms with Gasteiger partial charge in [0.1, 0.15) is 5.78 Å². The number of rotatable bonds is 9. The Morgan fingerprint density at radius 1 is 1.00 bits per heavy atom. The predicted octanol–water partition coefficient (Wildman–Crippen LogP) is 3.96. The summed E-state index contributed by atoms with van der Waals surface area (Å²) < 4.78 is 0. The van der Waals surface area contributed by atoms with Gasteiger partial charge in [-0.05, 0) is 37.0 Å². The Kier molecular flexibility index (Phi) is 7.01. The molecule has 0 aromatic heterocycles.